The number of rotatable bonds is 1. The number of nitrogens with zero attached hydrogens (tertiary/aromatic N) is 2. The maximum absolute atomic E-state index is 11.9. The van der Waals surface area contributed by atoms with Gasteiger partial charge >= 0.3 is 0 Å². The highest BCUT2D eigenvalue weighted by Crippen LogP contribution is 2.06. The van der Waals surface area contributed by atoms with Crippen LogP contribution in [0.1, 0.15) is 11.1 Å². The summed E-state index contributed by atoms with van der Waals surface area (Å²) in [5.74, 6) is 5.88. The molecule has 0 amide bonds. The fourth-order valence-electron chi connectivity index (χ4n) is 1.50. The Morgan fingerprint density at radius 3 is 2.61 bits per heavy atom. The van der Waals surface area contributed by atoms with Gasteiger partial charge in [0.1, 0.15) is 5.56 Å². The van der Waals surface area contributed by atoms with Gasteiger partial charge in [0.25, 0.3) is 5.56 Å². The normalized spacial score (nSPS) is 9.44. The standard InChI is InChI=1S/C14H13N3O/c1-15-13-10-16-17(2)14(18)12(13)9-8-11-6-4-3-5-7-11/h3-7,10,15H,1-2H3. The molecule has 0 saturated carbocycles. The molecule has 2 aromatic rings. The van der Waals surface area contributed by atoms with Gasteiger partial charge < -0.3 is 5.32 Å². The Kier molecular flexibility index (Phi) is 3.44. The zero-order valence-electron chi connectivity index (χ0n) is 10.3. The molecule has 18 heavy (non-hydrogen) atoms. The van der Waals surface area contributed by atoms with Crippen molar-refractivity contribution in [1.82, 2.24) is 9.78 Å². The highest BCUT2D eigenvalue weighted by molar-refractivity contribution is 5.57. The van der Waals surface area contributed by atoms with Gasteiger partial charge in [0.05, 0.1) is 11.9 Å². The van der Waals surface area contributed by atoms with Gasteiger partial charge in [0.15, 0.2) is 0 Å². The number of anilines is 1. The lowest BCUT2D eigenvalue weighted by Gasteiger charge is -2.03. The largest absolute Gasteiger partial charge is 0.386 e. The molecule has 0 unspecified atom stereocenters. The zero-order chi connectivity index (χ0) is 13.0. The average molecular weight is 239 g/mol. The summed E-state index contributed by atoms with van der Waals surface area (Å²) in [4.78, 5) is 11.9. The summed E-state index contributed by atoms with van der Waals surface area (Å²) in [5.41, 5.74) is 1.74. The minimum atomic E-state index is -0.203. The fraction of sp³-hybridized carbons (Fsp3) is 0.143. The minimum absolute atomic E-state index is 0.203. The molecule has 1 N–H and O–H groups in total. The van der Waals surface area contributed by atoms with Crippen molar-refractivity contribution < 1.29 is 0 Å². The van der Waals surface area contributed by atoms with Gasteiger partial charge in [-0.1, -0.05) is 30.0 Å². The van der Waals surface area contributed by atoms with Gasteiger partial charge in [0.2, 0.25) is 0 Å². The Bertz CT molecular complexity index is 663. The first-order valence-electron chi connectivity index (χ1n) is 5.53. The summed E-state index contributed by atoms with van der Waals surface area (Å²) in [6.07, 6.45) is 1.59. The van der Waals surface area contributed by atoms with E-state index in [0.717, 1.165) is 5.56 Å². The third-order valence-corrected chi connectivity index (χ3v) is 2.51. The Morgan fingerprint density at radius 1 is 1.22 bits per heavy atom. The van der Waals surface area contributed by atoms with Crippen LogP contribution >= 0.6 is 0 Å². The first kappa shape index (κ1) is 11.9. The molecular formula is C14H13N3O. The smallest absolute Gasteiger partial charge is 0.284 e. The van der Waals surface area contributed by atoms with E-state index in [0.29, 0.717) is 11.3 Å². The van der Waals surface area contributed by atoms with E-state index in [2.05, 4.69) is 22.3 Å². The van der Waals surface area contributed by atoms with Crippen molar-refractivity contribution in [2.75, 3.05) is 12.4 Å². The Labute approximate surface area is 105 Å². The predicted octanol–water partition coefficient (Wildman–Crippen LogP) is 1.22. The molecule has 0 aliphatic carbocycles. The van der Waals surface area contributed by atoms with Crippen LogP contribution in [0, 0.1) is 11.8 Å². The molecule has 0 atom stereocenters. The van der Waals surface area contributed by atoms with Crippen LogP contribution in [0.15, 0.2) is 41.3 Å². The number of hydrogen-bond donors (Lipinski definition) is 1. The van der Waals surface area contributed by atoms with E-state index in [1.165, 1.54) is 4.68 Å². The minimum Gasteiger partial charge on any atom is -0.386 e. The molecule has 0 bridgehead atoms. The topological polar surface area (TPSA) is 46.9 Å². The second-order valence-corrected chi connectivity index (χ2v) is 3.73. The van der Waals surface area contributed by atoms with Crippen molar-refractivity contribution in [3.05, 3.63) is 58.0 Å². The Morgan fingerprint density at radius 2 is 1.94 bits per heavy atom. The molecular weight excluding hydrogens is 226 g/mol. The Balaban J connectivity index is 2.50. The molecule has 2 rings (SSSR count). The van der Waals surface area contributed by atoms with Crippen molar-refractivity contribution in [3.63, 3.8) is 0 Å². The number of benzene rings is 1. The van der Waals surface area contributed by atoms with Crippen LogP contribution in [0.25, 0.3) is 0 Å². The van der Waals surface area contributed by atoms with Gasteiger partial charge in [-0.3, -0.25) is 4.79 Å². The average Bonchev–Trinajstić information content (AvgIpc) is 2.41. The van der Waals surface area contributed by atoms with Crippen molar-refractivity contribution in [2.24, 2.45) is 7.05 Å². The van der Waals surface area contributed by atoms with Gasteiger partial charge in [-0.2, -0.15) is 5.10 Å². The lowest BCUT2D eigenvalue weighted by atomic mass is 10.2. The van der Waals surface area contributed by atoms with E-state index in [-0.39, 0.29) is 5.56 Å². The van der Waals surface area contributed by atoms with Crippen LogP contribution in [0.4, 0.5) is 5.69 Å². The van der Waals surface area contributed by atoms with Crippen molar-refractivity contribution in [1.29, 1.82) is 0 Å². The summed E-state index contributed by atoms with van der Waals surface area (Å²) in [7, 11) is 3.35. The van der Waals surface area contributed by atoms with Gasteiger partial charge in [-0.05, 0) is 12.1 Å². The van der Waals surface area contributed by atoms with Crippen molar-refractivity contribution in [3.8, 4) is 11.8 Å². The second-order valence-electron chi connectivity index (χ2n) is 3.73. The van der Waals surface area contributed by atoms with E-state index in [1.54, 1.807) is 20.3 Å². The lowest BCUT2D eigenvalue weighted by Crippen LogP contribution is -2.23. The number of aromatic nitrogens is 2. The molecule has 1 aromatic heterocycles. The molecule has 4 heteroatoms. The second kappa shape index (κ2) is 5.19. The molecule has 0 saturated heterocycles. The number of hydrogen-bond acceptors (Lipinski definition) is 3. The number of aryl methyl sites for hydroxylation is 1. The molecule has 0 spiro atoms. The summed E-state index contributed by atoms with van der Waals surface area (Å²) in [6.45, 7) is 0. The fourth-order valence-corrected chi connectivity index (χ4v) is 1.50. The van der Waals surface area contributed by atoms with Gasteiger partial charge in [0, 0.05) is 19.7 Å². The summed E-state index contributed by atoms with van der Waals surface area (Å²) in [6, 6.07) is 9.55. The molecule has 4 nitrogen and oxygen atoms in total. The number of nitrogens with one attached hydrogen (secondary N) is 1. The van der Waals surface area contributed by atoms with Crippen LogP contribution < -0.4 is 10.9 Å². The highest BCUT2D eigenvalue weighted by atomic mass is 16.1. The molecule has 0 fully saturated rings. The van der Waals surface area contributed by atoms with E-state index < -0.39 is 0 Å². The lowest BCUT2D eigenvalue weighted by molar-refractivity contribution is 0.706. The third kappa shape index (κ3) is 2.41. The molecule has 1 heterocycles. The molecule has 0 radical (unpaired) electrons. The third-order valence-electron chi connectivity index (χ3n) is 2.51. The SMILES string of the molecule is CNc1cnn(C)c(=O)c1C#Cc1ccccc1. The Hall–Kier alpha value is -2.54. The first-order chi connectivity index (χ1) is 8.72. The van der Waals surface area contributed by atoms with Crippen molar-refractivity contribution >= 4 is 5.69 Å². The summed E-state index contributed by atoms with van der Waals surface area (Å²) >= 11 is 0. The van der Waals surface area contributed by atoms with Crippen LogP contribution in [0.2, 0.25) is 0 Å². The molecule has 0 aliphatic heterocycles. The van der Waals surface area contributed by atoms with Crippen LogP contribution in [-0.4, -0.2) is 16.8 Å². The van der Waals surface area contributed by atoms with E-state index >= 15 is 0 Å². The molecule has 0 aliphatic rings. The van der Waals surface area contributed by atoms with Crippen LogP contribution in [0.3, 0.4) is 0 Å². The highest BCUT2D eigenvalue weighted by Gasteiger charge is 2.05. The predicted molar refractivity (Wildman–Crippen MR) is 71.4 cm³/mol. The van der Waals surface area contributed by atoms with E-state index in [9.17, 15) is 4.79 Å². The van der Waals surface area contributed by atoms with Crippen LogP contribution in [0.5, 0.6) is 0 Å². The van der Waals surface area contributed by atoms with Crippen LogP contribution in [-0.2, 0) is 7.05 Å². The maximum atomic E-state index is 11.9. The molecule has 90 valence electrons. The zero-order valence-corrected chi connectivity index (χ0v) is 10.3. The van der Waals surface area contributed by atoms with E-state index in [4.69, 9.17) is 0 Å². The van der Waals surface area contributed by atoms with Gasteiger partial charge in [-0.25, -0.2) is 4.68 Å². The first-order valence-corrected chi connectivity index (χ1v) is 5.53. The van der Waals surface area contributed by atoms with E-state index in [1.807, 2.05) is 30.3 Å². The summed E-state index contributed by atoms with van der Waals surface area (Å²) < 4.78 is 1.27. The molecule has 1 aromatic carbocycles. The maximum Gasteiger partial charge on any atom is 0.284 e. The quantitative estimate of drug-likeness (QED) is 0.761. The van der Waals surface area contributed by atoms with Gasteiger partial charge in [-0.15, -0.1) is 0 Å². The monoisotopic (exact) mass is 239 g/mol. The summed E-state index contributed by atoms with van der Waals surface area (Å²) in [5, 5.41) is 6.86. The van der Waals surface area contributed by atoms with Crippen molar-refractivity contribution in [2.45, 2.75) is 0 Å².